The lowest BCUT2D eigenvalue weighted by Crippen LogP contribution is -2.55. The van der Waals surface area contributed by atoms with Gasteiger partial charge in [0.15, 0.2) is 0 Å². The topological polar surface area (TPSA) is 110 Å². The van der Waals surface area contributed by atoms with E-state index in [4.69, 9.17) is 15.6 Å². The van der Waals surface area contributed by atoms with Gasteiger partial charge in [0.2, 0.25) is 5.41 Å². The fourth-order valence-electron chi connectivity index (χ4n) is 1.15. The van der Waals surface area contributed by atoms with Gasteiger partial charge in [0, 0.05) is 6.54 Å². The molecule has 0 aliphatic carbocycles. The maximum Gasteiger partial charge on any atom is 0.328 e. The minimum Gasteiger partial charge on any atom is -0.480 e. The Balaban J connectivity index is 5.20. The zero-order valence-electron chi connectivity index (χ0n) is 9.98. The Morgan fingerprint density at radius 1 is 1.38 bits per heavy atom. The molecule has 0 spiro atoms. The average Bonchev–Trinajstić information content (AvgIpc) is 2.00. The number of aliphatic carboxylic acids is 1. The first-order chi connectivity index (χ1) is 7.08. The van der Waals surface area contributed by atoms with Crippen molar-refractivity contribution in [2.45, 2.75) is 39.4 Å². The first-order valence-electron chi connectivity index (χ1n) is 4.93. The predicted molar refractivity (Wildman–Crippen MR) is 56.6 cm³/mol. The molecular weight excluding hydrogens is 214 g/mol. The lowest BCUT2D eigenvalue weighted by Gasteiger charge is -2.31. The second kappa shape index (κ2) is 4.80. The molecule has 0 aromatic carbocycles. The van der Waals surface area contributed by atoms with E-state index in [1.807, 2.05) is 0 Å². The molecule has 0 aliphatic rings. The second-order valence-corrected chi connectivity index (χ2v) is 4.66. The summed E-state index contributed by atoms with van der Waals surface area (Å²) in [5, 5.41) is 18.5. The van der Waals surface area contributed by atoms with Crippen LogP contribution in [0.1, 0.15) is 27.7 Å². The van der Waals surface area contributed by atoms with Crippen molar-refractivity contribution in [3.05, 3.63) is 0 Å². The van der Waals surface area contributed by atoms with Gasteiger partial charge in [-0.05, 0) is 27.7 Å². The predicted octanol–water partition coefficient (Wildman–Crippen LogP) is -0.261. The van der Waals surface area contributed by atoms with Crippen molar-refractivity contribution in [3.63, 3.8) is 0 Å². The number of aliphatic hydroxyl groups excluding tert-OH is 1. The Hall–Kier alpha value is -1.14. The van der Waals surface area contributed by atoms with Crippen molar-refractivity contribution in [1.82, 2.24) is 0 Å². The summed E-state index contributed by atoms with van der Waals surface area (Å²) in [5.41, 5.74) is 2.35. The number of carboxylic acids is 1. The first-order valence-corrected chi connectivity index (χ1v) is 4.93. The Morgan fingerprint density at radius 3 is 2.00 bits per heavy atom. The molecule has 4 N–H and O–H groups in total. The molecule has 0 heterocycles. The number of carbonyl (C=O) groups is 2. The Kier molecular flexibility index (Phi) is 4.45. The van der Waals surface area contributed by atoms with Crippen LogP contribution in [0.15, 0.2) is 0 Å². The molecule has 0 saturated carbocycles. The summed E-state index contributed by atoms with van der Waals surface area (Å²) in [6.07, 6.45) is -1.43. The molecule has 0 bridgehead atoms. The molecule has 0 amide bonds. The van der Waals surface area contributed by atoms with Crippen molar-refractivity contribution in [2.75, 3.05) is 6.54 Å². The SMILES string of the molecule is C[C@@H](O)[C@@](CN)(C(=O)O)C(=O)OC(C)(C)C. The van der Waals surface area contributed by atoms with Crippen LogP contribution in [0, 0.1) is 5.41 Å². The maximum absolute atomic E-state index is 11.8. The van der Waals surface area contributed by atoms with E-state index in [-0.39, 0.29) is 0 Å². The third-order valence-electron chi connectivity index (χ3n) is 2.18. The Bertz CT molecular complexity index is 281. The van der Waals surface area contributed by atoms with E-state index >= 15 is 0 Å². The highest BCUT2D eigenvalue weighted by Gasteiger charge is 2.52. The lowest BCUT2D eigenvalue weighted by atomic mass is 9.82. The van der Waals surface area contributed by atoms with Crippen molar-refractivity contribution in [1.29, 1.82) is 0 Å². The number of hydrogen-bond donors (Lipinski definition) is 3. The third-order valence-corrected chi connectivity index (χ3v) is 2.18. The van der Waals surface area contributed by atoms with Crippen LogP contribution in [0.5, 0.6) is 0 Å². The highest BCUT2D eigenvalue weighted by Crippen LogP contribution is 2.26. The third kappa shape index (κ3) is 2.93. The van der Waals surface area contributed by atoms with Gasteiger partial charge in [0.05, 0.1) is 6.10 Å². The standard InChI is InChI=1S/C10H19NO5/c1-6(12)10(5-11,7(13)14)8(15)16-9(2,3)4/h6,12H,5,11H2,1-4H3,(H,13,14)/t6-,10+/m1/s1. The van der Waals surface area contributed by atoms with E-state index in [1.54, 1.807) is 20.8 Å². The van der Waals surface area contributed by atoms with E-state index in [0.29, 0.717) is 0 Å². The van der Waals surface area contributed by atoms with Gasteiger partial charge in [-0.2, -0.15) is 0 Å². The van der Waals surface area contributed by atoms with Crippen LogP contribution in [0.25, 0.3) is 0 Å². The van der Waals surface area contributed by atoms with Gasteiger partial charge in [-0.15, -0.1) is 0 Å². The quantitative estimate of drug-likeness (QED) is 0.456. The van der Waals surface area contributed by atoms with Crippen LogP contribution < -0.4 is 5.73 Å². The highest BCUT2D eigenvalue weighted by molar-refractivity contribution is 6.00. The largest absolute Gasteiger partial charge is 0.480 e. The molecule has 2 atom stereocenters. The fourth-order valence-corrected chi connectivity index (χ4v) is 1.15. The van der Waals surface area contributed by atoms with E-state index in [9.17, 15) is 14.7 Å². The smallest absolute Gasteiger partial charge is 0.328 e. The zero-order chi connectivity index (χ0) is 13.1. The molecule has 0 radical (unpaired) electrons. The van der Waals surface area contributed by atoms with Gasteiger partial charge in [-0.25, -0.2) is 0 Å². The molecule has 0 rings (SSSR count). The van der Waals surface area contributed by atoms with Crippen molar-refractivity contribution >= 4 is 11.9 Å². The van der Waals surface area contributed by atoms with Crippen LogP contribution in [0.3, 0.4) is 0 Å². The van der Waals surface area contributed by atoms with Crippen molar-refractivity contribution in [2.24, 2.45) is 11.1 Å². The average molecular weight is 233 g/mol. The van der Waals surface area contributed by atoms with Gasteiger partial charge in [-0.1, -0.05) is 0 Å². The van der Waals surface area contributed by atoms with E-state index in [0.717, 1.165) is 0 Å². The normalized spacial score (nSPS) is 17.4. The minimum absolute atomic E-state index is 0.519. The number of carboxylic acid groups (broad SMARTS) is 1. The van der Waals surface area contributed by atoms with Crippen molar-refractivity contribution < 1.29 is 24.5 Å². The Labute approximate surface area is 94.4 Å². The van der Waals surface area contributed by atoms with E-state index in [2.05, 4.69) is 0 Å². The molecule has 16 heavy (non-hydrogen) atoms. The fraction of sp³-hybridized carbons (Fsp3) is 0.800. The van der Waals surface area contributed by atoms with E-state index in [1.165, 1.54) is 6.92 Å². The summed E-state index contributed by atoms with van der Waals surface area (Å²) in [6, 6.07) is 0. The van der Waals surface area contributed by atoms with Crippen LogP contribution in [0.4, 0.5) is 0 Å². The summed E-state index contributed by atoms with van der Waals surface area (Å²) in [7, 11) is 0. The molecule has 0 aromatic rings. The highest BCUT2D eigenvalue weighted by atomic mass is 16.6. The van der Waals surface area contributed by atoms with Crippen molar-refractivity contribution in [3.8, 4) is 0 Å². The van der Waals surface area contributed by atoms with E-state index < -0.39 is 35.6 Å². The first kappa shape index (κ1) is 14.9. The molecule has 6 heteroatoms. The molecule has 0 aliphatic heterocycles. The number of aliphatic hydroxyl groups is 1. The molecule has 6 nitrogen and oxygen atoms in total. The van der Waals surface area contributed by atoms with Gasteiger partial charge < -0.3 is 20.7 Å². The lowest BCUT2D eigenvalue weighted by molar-refractivity contribution is -0.183. The zero-order valence-corrected chi connectivity index (χ0v) is 9.98. The number of nitrogens with two attached hydrogens (primary N) is 1. The van der Waals surface area contributed by atoms with Crippen LogP contribution in [-0.4, -0.2) is 40.4 Å². The molecule has 0 fully saturated rings. The molecular formula is C10H19NO5. The van der Waals surface area contributed by atoms with Crippen LogP contribution in [-0.2, 0) is 14.3 Å². The van der Waals surface area contributed by atoms with Gasteiger partial charge >= 0.3 is 11.9 Å². The van der Waals surface area contributed by atoms with Crippen LogP contribution >= 0.6 is 0 Å². The summed E-state index contributed by atoms with van der Waals surface area (Å²) < 4.78 is 4.96. The Morgan fingerprint density at radius 2 is 1.81 bits per heavy atom. The number of carbonyl (C=O) groups excluding carboxylic acids is 1. The van der Waals surface area contributed by atoms with Gasteiger partial charge in [0.25, 0.3) is 0 Å². The number of hydrogen-bond acceptors (Lipinski definition) is 5. The summed E-state index contributed by atoms with van der Waals surface area (Å²) in [4.78, 5) is 22.8. The molecule has 0 unspecified atom stereocenters. The molecule has 94 valence electrons. The summed E-state index contributed by atoms with van der Waals surface area (Å²) in [6.45, 7) is 5.50. The summed E-state index contributed by atoms with van der Waals surface area (Å²) in [5.74, 6) is -2.51. The monoisotopic (exact) mass is 233 g/mol. The molecule has 0 saturated heterocycles. The summed E-state index contributed by atoms with van der Waals surface area (Å²) >= 11 is 0. The second-order valence-electron chi connectivity index (χ2n) is 4.66. The maximum atomic E-state index is 11.8. The van der Waals surface area contributed by atoms with Crippen LogP contribution in [0.2, 0.25) is 0 Å². The number of esters is 1. The minimum atomic E-state index is -2.10. The molecule has 0 aromatic heterocycles. The van der Waals surface area contributed by atoms with Gasteiger partial charge in [0.1, 0.15) is 5.60 Å². The number of ether oxygens (including phenoxy) is 1. The number of rotatable bonds is 4. The van der Waals surface area contributed by atoms with Gasteiger partial charge in [-0.3, -0.25) is 9.59 Å².